The molecule has 3 rings (SSSR count). The summed E-state index contributed by atoms with van der Waals surface area (Å²) < 4.78 is 1.82. The number of nitrogens with one attached hydrogen (secondary N) is 2. The summed E-state index contributed by atoms with van der Waals surface area (Å²) in [5.74, 6) is 2.29. The fourth-order valence-corrected chi connectivity index (χ4v) is 3.04. The zero-order valence-electron chi connectivity index (χ0n) is 14.5. The third kappa shape index (κ3) is 3.52. The highest BCUT2D eigenvalue weighted by molar-refractivity contribution is 5.47. The van der Waals surface area contributed by atoms with Gasteiger partial charge in [0.25, 0.3) is 5.95 Å². The van der Waals surface area contributed by atoms with Crippen LogP contribution in [-0.2, 0) is 0 Å². The second-order valence-corrected chi connectivity index (χ2v) is 6.50. The molecule has 1 saturated heterocycles. The van der Waals surface area contributed by atoms with E-state index in [1.54, 1.807) is 0 Å². The molecular formula is C17H26N6. The predicted octanol–water partition coefficient (Wildman–Crippen LogP) is 2.31. The molecule has 3 heterocycles. The highest BCUT2D eigenvalue weighted by Crippen LogP contribution is 2.19. The molecule has 0 atom stereocenters. The second-order valence-electron chi connectivity index (χ2n) is 6.50. The Kier molecular flexibility index (Phi) is 4.61. The molecule has 124 valence electrons. The summed E-state index contributed by atoms with van der Waals surface area (Å²) in [5, 5.41) is 11.4. The van der Waals surface area contributed by atoms with Gasteiger partial charge in [0.2, 0.25) is 0 Å². The summed E-state index contributed by atoms with van der Waals surface area (Å²) in [6, 6.07) is 2.04. The first-order valence-corrected chi connectivity index (χ1v) is 8.38. The third-order valence-electron chi connectivity index (χ3n) is 4.59. The van der Waals surface area contributed by atoms with Crippen molar-refractivity contribution < 1.29 is 0 Å². The van der Waals surface area contributed by atoms with Gasteiger partial charge in [-0.15, -0.1) is 0 Å². The van der Waals surface area contributed by atoms with Gasteiger partial charge in [-0.1, -0.05) is 0 Å². The standard InChI is InChI=1S/C17H26N6/c1-11-9-12(2)23(22-11)17-20-14(4)13(3)16(21-17)19-10-15-5-7-18-8-6-15/h9,15,18H,5-8,10H2,1-4H3,(H,19,20,21). The molecule has 23 heavy (non-hydrogen) atoms. The zero-order valence-corrected chi connectivity index (χ0v) is 14.5. The SMILES string of the molecule is Cc1cc(C)n(-c2nc(C)c(C)c(NCC3CCNCC3)n2)n1. The van der Waals surface area contributed by atoms with Crippen LogP contribution in [0.3, 0.4) is 0 Å². The molecule has 2 aromatic rings. The van der Waals surface area contributed by atoms with E-state index in [-0.39, 0.29) is 0 Å². The lowest BCUT2D eigenvalue weighted by molar-refractivity contribution is 0.389. The van der Waals surface area contributed by atoms with E-state index in [0.29, 0.717) is 11.9 Å². The summed E-state index contributed by atoms with van der Waals surface area (Å²) in [4.78, 5) is 9.34. The summed E-state index contributed by atoms with van der Waals surface area (Å²) >= 11 is 0. The molecule has 1 aliphatic heterocycles. The van der Waals surface area contributed by atoms with E-state index in [2.05, 4.69) is 27.6 Å². The first-order valence-electron chi connectivity index (χ1n) is 8.38. The van der Waals surface area contributed by atoms with Crippen LogP contribution in [0.2, 0.25) is 0 Å². The van der Waals surface area contributed by atoms with Crippen LogP contribution in [-0.4, -0.2) is 39.4 Å². The third-order valence-corrected chi connectivity index (χ3v) is 4.59. The number of piperidine rings is 1. The number of rotatable bonds is 4. The van der Waals surface area contributed by atoms with Crippen molar-refractivity contribution in [1.82, 2.24) is 25.1 Å². The van der Waals surface area contributed by atoms with E-state index >= 15 is 0 Å². The lowest BCUT2D eigenvalue weighted by Crippen LogP contribution is -2.31. The molecule has 6 heteroatoms. The molecule has 0 bridgehead atoms. The van der Waals surface area contributed by atoms with Crippen LogP contribution in [0, 0.1) is 33.6 Å². The number of nitrogens with zero attached hydrogens (tertiary/aromatic N) is 4. The van der Waals surface area contributed by atoms with Crippen molar-refractivity contribution in [3.05, 3.63) is 28.7 Å². The lowest BCUT2D eigenvalue weighted by atomic mass is 9.98. The first kappa shape index (κ1) is 15.9. The van der Waals surface area contributed by atoms with E-state index in [4.69, 9.17) is 4.98 Å². The Labute approximate surface area is 137 Å². The molecule has 0 amide bonds. The van der Waals surface area contributed by atoms with Gasteiger partial charge in [0, 0.05) is 23.5 Å². The van der Waals surface area contributed by atoms with E-state index in [1.807, 2.05) is 31.5 Å². The molecule has 1 fully saturated rings. The van der Waals surface area contributed by atoms with E-state index < -0.39 is 0 Å². The average molecular weight is 314 g/mol. The fourth-order valence-electron chi connectivity index (χ4n) is 3.04. The average Bonchev–Trinajstić information content (AvgIpc) is 2.88. The molecule has 6 nitrogen and oxygen atoms in total. The van der Waals surface area contributed by atoms with Gasteiger partial charge in [-0.05, 0) is 65.6 Å². The highest BCUT2D eigenvalue weighted by Gasteiger charge is 2.16. The Morgan fingerprint density at radius 3 is 2.57 bits per heavy atom. The van der Waals surface area contributed by atoms with Crippen molar-refractivity contribution in [2.45, 2.75) is 40.5 Å². The summed E-state index contributed by atoms with van der Waals surface area (Å²) in [6.45, 7) is 11.3. The van der Waals surface area contributed by atoms with E-state index in [1.165, 1.54) is 12.8 Å². The van der Waals surface area contributed by atoms with Crippen molar-refractivity contribution in [1.29, 1.82) is 0 Å². The van der Waals surface area contributed by atoms with Crippen LogP contribution < -0.4 is 10.6 Å². The van der Waals surface area contributed by atoms with Gasteiger partial charge >= 0.3 is 0 Å². The quantitative estimate of drug-likeness (QED) is 0.906. The Morgan fingerprint density at radius 1 is 1.17 bits per heavy atom. The maximum atomic E-state index is 4.72. The molecule has 0 spiro atoms. The summed E-state index contributed by atoms with van der Waals surface area (Å²) in [7, 11) is 0. The van der Waals surface area contributed by atoms with Gasteiger partial charge in [-0.2, -0.15) is 10.1 Å². The number of anilines is 1. The van der Waals surface area contributed by atoms with Gasteiger partial charge in [0.15, 0.2) is 0 Å². The largest absolute Gasteiger partial charge is 0.369 e. The molecule has 0 unspecified atom stereocenters. The maximum Gasteiger partial charge on any atom is 0.252 e. The van der Waals surface area contributed by atoms with Gasteiger partial charge in [-0.25, -0.2) is 9.67 Å². The number of aryl methyl sites for hydroxylation is 3. The van der Waals surface area contributed by atoms with Gasteiger partial charge in [0.1, 0.15) is 5.82 Å². The Morgan fingerprint density at radius 2 is 1.91 bits per heavy atom. The minimum Gasteiger partial charge on any atom is -0.369 e. The van der Waals surface area contributed by atoms with Gasteiger partial charge in [0.05, 0.1) is 5.69 Å². The molecule has 2 N–H and O–H groups in total. The van der Waals surface area contributed by atoms with Crippen LogP contribution in [0.5, 0.6) is 0 Å². The minimum absolute atomic E-state index is 0.645. The van der Waals surface area contributed by atoms with Crippen LogP contribution in [0.4, 0.5) is 5.82 Å². The predicted molar refractivity (Wildman–Crippen MR) is 92.2 cm³/mol. The lowest BCUT2D eigenvalue weighted by Gasteiger charge is -2.23. The van der Waals surface area contributed by atoms with Crippen molar-refractivity contribution >= 4 is 5.82 Å². The van der Waals surface area contributed by atoms with Crippen molar-refractivity contribution in [3.63, 3.8) is 0 Å². The Hall–Kier alpha value is -1.95. The number of hydrogen-bond acceptors (Lipinski definition) is 5. The molecule has 1 aliphatic rings. The van der Waals surface area contributed by atoms with Crippen LogP contribution in [0.1, 0.15) is 35.5 Å². The molecule has 0 aromatic carbocycles. The zero-order chi connectivity index (χ0) is 16.4. The highest BCUT2D eigenvalue weighted by atomic mass is 15.4. The van der Waals surface area contributed by atoms with Crippen LogP contribution in [0.15, 0.2) is 6.07 Å². The smallest absolute Gasteiger partial charge is 0.252 e. The molecule has 0 saturated carbocycles. The Bertz CT molecular complexity index is 685. The monoisotopic (exact) mass is 314 g/mol. The van der Waals surface area contributed by atoms with Crippen molar-refractivity contribution in [2.24, 2.45) is 5.92 Å². The van der Waals surface area contributed by atoms with Crippen LogP contribution >= 0.6 is 0 Å². The topological polar surface area (TPSA) is 67.7 Å². The summed E-state index contributed by atoms with van der Waals surface area (Å²) in [6.07, 6.45) is 2.45. The number of hydrogen-bond donors (Lipinski definition) is 2. The molecule has 0 aliphatic carbocycles. The van der Waals surface area contributed by atoms with Crippen molar-refractivity contribution in [3.8, 4) is 5.95 Å². The summed E-state index contributed by atoms with van der Waals surface area (Å²) in [5.41, 5.74) is 4.14. The molecule has 0 radical (unpaired) electrons. The first-order chi connectivity index (χ1) is 11.0. The fraction of sp³-hybridized carbons (Fsp3) is 0.588. The van der Waals surface area contributed by atoms with E-state index in [9.17, 15) is 0 Å². The minimum atomic E-state index is 0.645. The molecule has 2 aromatic heterocycles. The maximum absolute atomic E-state index is 4.72. The van der Waals surface area contributed by atoms with Gasteiger partial charge in [-0.3, -0.25) is 0 Å². The molecular weight excluding hydrogens is 288 g/mol. The van der Waals surface area contributed by atoms with Gasteiger partial charge < -0.3 is 10.6 Å². The van der Waals surface area contributed by atoms with Crippen LogP contribution in [0.25, 0.3) is 5.95 Å². The second kappa shape index (κ2) is 6.66. The number of aromatic nitrogens is 4. The van der Waals surface area contributed by atoms with Crippen molar-refractivity contribution in [2.75, 3.05) is 25.0 Å². The Balaban J connectivity index is 1.83. The normalized spacial score (nSPS) is 15.8. The van der Waals surface area contributed by atoms with E-state index in [0.717, 1.165) is 48.1 Å².